The van der Waals surface area contributed by atoms with Crippen LogP contribution in [0.5, 0.6) is 0 Å². The predicted molar refractivity (Wildman–Crippen MR) is 149 cm³/mol. The molecule has 0 spiro atoms. The predicted octanol–water partition coefficient (Wildman–Crippen LogP) is 5.93. The standard InChI is InChI=1S/C29H25ClF3N7O2/c1-13-23(39-11-16-8-19(16)29(39)42)7-6-21(36-13)15(3)40-12-17(9-35-40)37-28(41)26-14(2)34-10-22(38-26)24-18(27(32)33)4-5-20(30)25(24)31/h4-7,9-10,12,15-16,19,27H,8,11H2,1-3H3,(H,37,41)/t15-,16+,19+/m0/s1. The Bertz CT molecular complexity index is 1740. The normalized spacial score (nSPS) is 18.4. The molecule has 4 aromatic rings. The quantitative estimate of drug-likeness (QED) is 0.284. The number of aromatic nitrogens is 5. The minimum absolute atomic E-state index is 0.158. The van der Waals surface area contributed by atoms with E-state index in [1.165, 1.54) is 13.1 Å². The van der Waals surface area contributed by atoms with E-state index in [1.54, 1.807) is 10.9 Å². The second-order valence-electron chi connectivity index (χ2n) is 10.5. The van der Waals surface area contributed by atoms with Gasteiger partial charge >= 0.3 is 0 Å². The zero-order valence-corrected chi connectivity index (χ0v) is 23.5. The highest BCUT2D eigenvalue weighted by Crippen LogP contribution is 2.47. The number of aryl methyl sites for hydroxylation is 2. The molecule has 13 heteroatoms. The van der Waals surface area contributed by atoms with Crippen molar-refractivity contribution >= 4 is 34.8 Å². The third kappa shape index (κ3) is 4.89. The zero-order valence-electron chi connectivity index (χ0n) is 22.8. The Morgan fingerprint density at radius 2 is 1.90 bits per heavy atom. The van der Waals surface area contributed by atoms with E-state index < -0.39 is 29.3 Å². The molecule has 0 radical (unpaired) electrons. The molecule has 0 unspecified atom stereocenters. The number of piperidine rings is 1. The van der Waals surface area contributed by atoms with Crippen LogP contribution in [0.15, 0.2) is 42.9 Å². The number of alkyl halides is 2. The molecule has 3 aromatic heterocycles. The molecular weight excluding hydrogens is 571 g/mol. The van der Waals surface area contributed by atoms with E-state index in [0.717, 1.165) is 48.4 Å². The zero-order chi connectivity index (χ0) is 29.9. The number of hydrogen-bond acceptors (Lipinski definition) is 6. The first-order valence-electron chi connectivity index (χ1n) is 13.3. The van der Waals surface area contributed by atoms with Gasteiger partial charge in [0.1, 0.15) is 5.69 Å². The molecule has 1 saturated heterocycles. The number of carbonyl (C=O) groups excluding carboxylic acids is 2. The summed E-state index contributed by atoms with van der Waals surface area (Å²) in [5.74, 6) is -0.975. The summed E-state index contributed by atoms with van der Waals surface area (Å²) in [4.78, 5) is 40.4. The molecule has 3 atom stereocenters. The van der Waals surface area contributed by atoms with Crippen LogP contribution in [0.1, 0.15) is 58.9 Å². The Kier molecular flexibility index (Phi) is 6.96. The van der Waals surface area contributed by atoms with Gasteiger partial charge in [-0.1, -0.05) is 17.7 Å². The molecule has 2 fully saturated rings. The average molecular weight is 596 g/mol. The summed E-state index contributed by atoms with van der Waals surface area (Å²) in [5.41, 5.74) is 1.29. The second-order valence-corrected chi connectivity index (χ2v) is 11.0. The van der Waals surface area contributed by atoms with Crippen molar-refractivity contribution in [3.05, 3.63) is 82.0 Å². The summed E-state index contributed by atoms with van der Waals surface area (Å²) >= 11 is 5.84. The molecule has 216 valence electrons. The molecule has 2 amide bonds. The van der Waals surface area contributed by atoms with E-state index in [-0.39, 0.29) is 40.0 Å². The smallest absolute Gasteiger partial charge is 0.276 e. The number of pyridine rings is 1. The van der Waals surface area contributed by atoms with Crippen molar-refractivity contribution in [2.24, 2.45) is 11.8 Å². The second kappa shape index (κ2) is 10.5. The van der Waals surface area contributed by atoms with Gasteiger partial charge in [0.2, 0.25) is 5.91 Å². The van der Waals surface area contributed by atoms with E-state index in [9.17, 15) is 22.8 Å². The van der Waals surface area contributed by atoms with E-state index in [2.05, 4.69) is 20.4 Å². The van der Waals surface area contributed by atoms with Crippen molar-refractivity contribution in [1.29, 1.82) is 0 Å². The first kappa shape index (κ1) is 27.8. The van der Waals surface area contributed by atoms with Crippen molar-refractivity contribution in [2.75, 3.05) is 16.8 Å². The van der Waals surface area contributed by atoms with Gasteiger partial charge in [0.15, 0.2) is 5.82 Å². The summed E-state index contributed by atoms with van der Waals surface area (Å²) in [6, 6.07) is 5.52. The number of nitrogens with zero attached hydrogens (tertiary/aromatic N) is 6. The maximum Gasteiger partial charge on any atom is 0.276 e. The fourth-order valence-corrected chi connectivity index (χ4v) is 5.47. The monoisotopic (exact) mass is 595 g/mol. The lowest BCUT2D eigenvalue weighted by atomic mass is 10.0. The summed E-state index contributed by atoms with van der Waals surface area (Å²) in [6.45, 7) is 6.03. The Balaban J connectivity index is 1.20. The van der Waals surface area contributed by atoms with E-state index in [1.807, 2.05) is 30.9 Å². The molecule has 42 heavy (non-hydrogen) atoms. The van der Waals surface area contributed by atoms with Gasteiger partial charge in [-0.2, -0.15) is 5.10 Å². The first-order valence-corrected chi connectivity index (χ1v) is 13.7. The van der Waals surface area contributed by atoms with E-state index in [4.69, 9.17) is 16.6 Å². The molecule has 9 nitrogen and oxygen atoms in total. The van der Waals surface area contributed by atoms with E-state index >= 15 is 0 Å². The van der Waals surface area contributed by atoms with Gasteiger partial charge in [0.05, 0.1) is 57.6 Å². The lowest BCUT2D eigenvalue weighted by Gasteiger charge is -2.21. The van der Waals surface area contributed by atoms with Crippen LogP contribution in [0.3, 0.4) is 0 Å². The maximum absolute atomic E-state index is 14.8. The van der Waals surface area contributed by atoms with Crippen molar-refractivity contribution in [3.8, 4) is 11.3 Å². The van der Waals surface area contributed by atoms with Gasteiger partial charge < -0.3 is 10.2 Å². The molecule has 1 aliphatic carbocycles. The number of anilines is 2. The van der Waals surface area contributed by atoms with Gasteiger partial charge in [-0.3, -0.25) is 24.2 Å². The fourth-order valence-electron chi connectivity index (χ4n) is 5.32. The van der Waals surface area contributed by atoms with Crippen molar-refractivity contribution in [2.45, 2.75) is 39.7 Å². The molecule has 1 N–H and O–H groups in total. The molecule has 1 saturated carbocycles. The third-order valence-electron chi connectivity index (χ3n) is 7.77. The number of nitrogens with one attached hydrogen (secondary N) is 1. The minimum Gasteiger partial charge on any atom is -0.318 e. The van der Waals surface area contributed by atoms with Crippen molar-refractivity contribution < 1.29 is 22.8 Å². The lowest BCUT2D eigenvalue weighted by Crippen LogP contribution is -2.29. The van der Waals surface area contributed by atoms with Crippen LogP contribution in [-0.4, -0.2) is 43.1 Å². The molecule has 1 aromatic carbocycles. The SMILES string of the molecule is Cc1nc([C@H](C)n2cc(NC(=O)c3nc(-c4c(C(F)F)ccc(Cl)c4F)cnc3C)cn2)ccc1N1C[C@H]2C[C@H]2C1=O. The van der Waals surface area contributed by atoms with Gasteiger partial charge in [0.25, 0.3) is 12.3 Å². The highest BCUT2D eigenvalue weighted by Gasteiger charge is 2.52. The topological polar surface area (TPSA) is 106 Å². The molecular formula is C29H25ClF3N7O2. The maximum atomic E-state index is 14.8. The van der Waals surface area contributed by atoms with Crippen molar-refractivity contribution in [3.63, 3.8) is 0 Å². The Morgan fingerprint density at radius 1 is 1.12 bits per heavy atom. The molecule has 6 rings (SSSR count). The number of benzene rings is 1. The van der Waals surface area contributed by atoms with Crippen LogP contribution >= 0.6 is 11.6 Å². The van der Waals surface area contributed by atoms with Crippen molar-refractivity contribution in [1.82, 2.24) is 24.7 Å². The van der Waals surface area contributed by atoms with Gasteiger partial charge in [-0.15, -0.1) is 0 Å². The number of amides is 2. The highest BCUT2D eigenvalue weighted by atomic mass is 35.5. The van der Waals surface area contributed by atoms with Crippen LogP contribution < -0.4 is 10.2 Å². The van der Waals surface area contributed by atoms with Gasteiger partial charge in [-0.05, 0) is 51.3 Å². The lowest BCUT2D eigenvalue weighted by molar-refractivity contribution is -0.118. The number of fused-ring (bicyclic) bond motifs is 1. The Labute approximate surface area is 243 Å². The third-order valence-corrected chi connectivity index (χ3v) is 8.06. The largest absolute Gasteiger partial charge is 0.318 e. The number of rotatable bonds is 7. The van der Waals surface area contributed by atoms with Crippen LogP contribution in [0, 0.1) is 31.5 Å². The van der Waals surface area contributed by atoms with Gasteiger partial charge in [0, 0.05) is 29.8 Å². The summed E-state index contributed by atoms with van der Waals surface area (Å²) in [7, 11) is 0. The molecule has 4 heterocycles. The number of carbonyl (C=O) groups is 2. The summed E-state index contributed by atoms with van der Waals surface area (Å²) < 4.78 is 43.7. The Morgan fingerprint density at radius 3 is 2.60 bits per heavy atom. The van der Waals surface area contributed by atoms with Crippen LogP contribution in [-0.2, 0) is 4.79 Å². The van der Waals surface area contributed by atoms with Gasteiger partial charge in [-0.25, -0.2) is 18.2 Å². The number of hydrogen-bond donors (Lipinski definition) is 1. The van der Waals surface area contributed by atoms with Crippen LogP contribution in [0.2, 0.25) is 5.02 Å². The number of halogens is 4. The fraction of sp³-hybridized carbons (Fsp3) is 0.310. The first-order chi connectivity index (χ1) is 20.0. The molecule has 0 bridgehead atoms. The average Bonchev–Trinajstić information content (AvgIpc) is 3.46. The van der Waals surface area contributed by atoms with E-state index in [0.29, 0.717) is 11.6 Å². The van der Waals surface area contributed by atoms with Crippen LogP contribution in [0.4, 0.5) is 24.5 Å². The molecule has 1 aliphatic heterocycles. The summed E-state index contributed by atoms with van der Waals surface area (Å²) in [5, 5.41) is 6.67. The minimum atomic E-state index is -3.00. The summed E-state index contributed by atoms with van der Waals surface area (Å²) in [6.07, 6.45) is 2.16. The molecule has 2 aliphatic rings. The highest BCUT2D eigenvalue weighted by molar-refractivity contribution is 6.31. The van der Waals surface area contributed by atoms with Crippen LogP contribution in [0.25, 0.3) is 11.3 Å². The Hall–Kier alpha value is -4.32.